The van der Waals surface area contributed by atoms with Crippen molar-refractivity contribution in [2.45, 2.75) is 102 Å². The maximum absolute atomic E-state index is 14.8. The normalized spacial score (nSPS) is 30.5. The van der Waals surface area contributed by atoms with E-state index in [2.05, 4.69) is 20.1 Å². The van der Waals surface area contributed by atoms with Gasteiger partial charge in [0, 0.05) is 12.6 Å². The number of carbonyl (C=O) groups is 3. The standard InChI is InChI=1S/C35H50N2O6/c1-7-10-11-15-20-42-33(41)29-28-31(39)37(27(23-38)21-26-17-13-12-14-18-26)30(35(28)22-24(4)34(29,6)43-35)32(40)36(19-9-3)25(5)16-8-2/h7,9,12-14,17-18,24-25,27-30,38H,1,3,8,10-11,15-16,19-23H2,2,4-6H3/t24?,25?,27-,28+,29+,30?,34-,35?/m1/s1. The summed E-state index contributed by atoms with van der Waals surface area (Å²) in [6, 6.07) is 7.90. The van der Waals surface area contributed by atoms with Crippen molar-refractivity contribution in [3.63, 3.8) is 0 Å². The molecule has 3 aliphatic rings. The molecule has 1 N–H and O–H groups in total. The highest BCUT2D eigenvalue weighted by atomic mass is 16.6. The van der Waals surface area contributed by atoms with Crippen LogP contribution in [0.2, 0.25) is 0 Å². The number of carbonyl (C=O) groups excluding carboxylic acids is 3. The lowest BCUT2D eigenvalue weighted by atomic mass is 9.62. The first kappa shape index (κ1) is 32.9. The van der Waals surface area contributed by atoms with Crippen LogP contribution in [0.3, 0.4) is 0 Å². The Morgan fingerprint density at radius 3 is 2.58 bits per heavy atom. The number of esters is 1. The topological polar surface area (TPSA) is 96.4 Å². The third-order valence-electron chi connectivity index (χ3n) is 10.1. The molecule has 0 saturated carbocycles. The van der Waals surface area contributed by atoms with Gasteiger partial charge in [0.2, 0.25) is 11.8 Å². The van der Waals surface area contributed by atoms with Crippen LogP contribution in [0.15, 0.2) is 55.6 Å². The molecule has 3 fully saturated rings. The van der Waals surface area contributed by atoms with Crippen molar-refractivity contribution in [3.8, 4) is 0 Å². The highest BCUT2D eigenvalue weighted by molar-refractivity contribution is 5.99. The molecule has 4 unspecified atom stereocenters. The molecule has 236 valence electrons. The number of hydrogen-bond donors (Lipinski definition) is 1. The molecule has 0 radical (unpaired) electrons. The number of ether oxygens (including phenoxy) is 2. The number of benzene rings is 1. The monoisotopic (exact) mass is 594 g/mol. The molecule has 0 aromatic heterocycles. The fraction of sp³-hybridized carbons (Fsp3) is 0.629. The van der Waals surface area contributed by atoms with Gasteiger partial charge in [0.15, 0.2) is 0 Å². The van der Waals surface area contributed by atoms with Crippen LogP contribution in [-0.2, 0) is 30.3 Å². The zero-order valence-electron chi connectivity index (χ0n) is 26.4. The van der Waals surface area contributed by atoms with Crippen molar-refractivity contribution in [1.82, 2.24) is 9.80 Å². The minimum atomic E-state index is -1.20. The van der Waals surface area contributed by atoms with Gasteiger partial charge in [-0.15, -0.1) is 13.2 Å². The minimum Gasteiger partial charge on any atom is -0.465 e. The Hall–Kier alpha value is -2.97. The van der Waals surface area contributed by atoms with Crippen molar-refractivity contribution in [1.29, 1.82) is 0 Å². The van der Waals surface area contributed by atoms with Gasteiger partial charge in [0.25, 0.3) is 0 Å². The van der Waals surface area contributed by atoms with E-state index in [0.29, 0.717) is 25.8 Å². The van der Waals surface area contributed by atoms with Crippen molar-refractivity contribution < 1.29 is 29.0 Å². The van der Waals surface area contributed by atoms with E-state index < -0.39 is 41.1 Å². The van der Waals surface area contributed by atoms with Gasteiger partial charge in [0.05, 0.1) is 30.8 Å². The van der Waals surface area contributed by atoms with Gasteiger partial charge >= 0.3 is 5.97 Å². The number of likely N-dealkylation sites (tertiary alicyclic amines) is 1. The summed E-state index contributed by atoms with van der Waals surface area (Å²) < 4.78 is 12.7. The highest BCUT2D eigenvalue weighted by Gasteiger charge is 2.80. The van der Waals surface area contributed by atoms with Gasteiger partial charge in [-0.3, -0.25) is 14.4 Å². The van der Waals surface area contributed by atoms with Crippen LogP contribution in [0.4, 0.5) is 0 Å². The lowest BCUT2D eigenvalue weighted by Crippen LogP contribution is -2.60. The largest absolute Gasteiger partial charge is 0.465 e. The molecular formula is C35H50N2O6. The summed E-state index contributed by atoms with van der Waals surface area (Å²) in [5.41, 5.74) is -1.21. The summed E-state index contributed by atoms with van der Waals surface area (Å²) in [4.78, 5) is 46.6. The van der Waals surface area contributed by atoms with Crippen LogP contribution in [0, 0.1) is 17.8 Å². The first-order valence-corrected chi connectivity index (χ1v) is 16.0. The minimum absolute atomic E-state index is 0.0901. The molecule has 2 amide bonds. The summed E-state index contributed by atoms with van der Waals surface area (Å²) in [6.07, 6.45) is 8.45. The number of rotatable bonds is 16. The molecule has 4 rings (SSSR count). The van der Waals surface area contributed by atoms with Crippen LogP contribution < -0.4 is 0 Å². The van der Waals surface area contributed by atoms with Gasteiger partial charge in [-0.1, -0.05) is 62.8 Å². The average Bonchev–Trinajstić information content (AvgIpc) is 3.51. The zero-order valence-corrected chi connectivity index (χ0v) is 26.4. The molecular weight excluding hydrogens is 544 g/mol. The Bertz CT molecular complexity index is 1170. The van der Waals surface area contributed by atoms with Crippen LogP contribution in [0.25, 0.3) is 0 Å². The molecule has 8 heteroatoms. The van der Waals surface area contributed by atoms with Crippen LogP contribution in [-0.4, -0.2) is 81.8 Å². The summed E-state index contributed by atoms with van der Waals surface area (Å²) >= 11 is 0. The Kier molecular flexibility index (Phi) is 10.5. The lowest BCUT2D eigenvalue weighted by Gasteiger charge is -2.41. The fourth-order valence-corrected chi connectivity index (χ4v) is 7.85. The van der Waals surface area contributed by atoms with E-state index in [9.17, 15) is 19.5 Å². The molecule has 0 aliphatic carbocycles. The van der Waals surface area contributed by atoms with Gasteiger partial charge in [-0.25, -0.2) is 0 Å². The summed E-state index contributed by atoms with van der Waals surface area (Å²) in [6.45, 7) is 15.9. The number of aliphatic hydroxyl groups is 1. The maximum Gasteiger partial charge on any atom is 0.312 e. The lowest BCUT2D eigenvalue weighted by molar-refractivity contribution is -0.164. The number of amides is 2. The van der Waals surface area contributed by atoms with E-state index >= 15 is 0 Å². The smallest absolute Gasteiger partial charge is 0.312 e. The molecule has 8 nitrogen and oxygen atoms in total. The molecule has 3 heterocycles. The summed E-state index contributed by atoms with van der Waals surface area (Å²) in [5, 5.41) is 10.7. The molecule has 1 spiro atoms. The van der Waals surface area contributed by atoms with Crippen molar-refractivity contribution in [2.75, 3.05) is 19.8 Å². The Labute approximate surface area is 257 Å². The van der Waals surface area contributed by atoms with Gasteiger partial charge in [-0.2, -0.15) is 0 Å². The number of aliphatic hydroxyl groups excluding tert-OH is 1. The van der Waals surface area contributed by atoms with Gasteiger partial charge in [0.1, 0.15) is 17.6 Å². The highest BCUT2D eigenvalue weighted by Crippen LogP contribution is 2.65. The van der Waals surface area contributed by atoms with Gasteiger partial charge in [-0.05, 0) is 63.9 Å². The number of fused-ring (bicyclic) bond motifs is 1. The summed E-state index contributed by atoms with van der Waals surface area (Å²) in [5.74, 6) is -2.81. The van der Waals surface area contributed by atoms with Crippen LogP contribution in [0.5, 0.6) is 0 Å². The molecule has 1 aromatic rings. The van der Waals surface area contributed by atoms with Crippen LogP contribution >= 0.6 is 0 Å². The van der Waals surface area contributed by atoms with E-state index in [1.54, 1.807) is 15.9 Å². The second-order valence-corrected chi connectivity index (χ2v) is 12.8. The van der Waals surface area contributed by atoms with Crippen molar-refractivity contribution >= 4 is 17.8 Å². The fourth-order valence-electron chi connectivity index (χ4n) is 7.85. The van der Waals surface area contributed by atoms with E-state index in [1.165, 1.54) is 0 Å². The van der Waals surface area contributed by atoms with Crippen molar-refractivity contribution in [3.05, 3.63) is 61.2 Å². The second-order valence-electron chi connectivity index (χ2n) is 12.8. The Balaban J connectivity index is 1.77. The quantitative estimate of drug-likeness (QED) is 0.169. The zero-order chi connectivity index (χ0) is 31.4. The predicted molar refractivity (Wildman–Crippen MR) is 166 cm³/mol. The first-order valence-electron chi connectivity index (χ1n) is 16.0. The molecule has 2 bridgehead atoms. The average molecular weight is 595 g/mol. The number of allylic oxidation sites excluding steroid dienone is 1. The third kappa shape index (κ3) is 5.93. The number of hydrogen-bond acceptors (Lipinski definition) is 6. The van der Waals surface area contributed by atoms with Gasteiger partial charge < -0.3 is 24.4 Å². The molecule has 3 saturated heterocycles. The third-order valence-corrected chi connectivity index (χ3v) is 10.1. The van der Waals surface area contributed by atoms with E-state index in [4.69, 9.17) is 9.47 Å². The predicted octanol–water partition coefficient (Wildman–Crippen LogP) is 4.70. The SMILES string of the molecule is C=CCCCCOC(=O)[C@@H]1[C@H]2C(=O)N([C@@H](CO)Cc3ccccc3)C(C(=O)N(CC=C)C(C)CCC)C23CC(C)[C@@]1(C)O3. The Morgan fingerprint density at radius 2 is 1.95 bits per heavy atom. The molecule has 3 aliphatic heterocycles. The Morgan fingerprint density at radius 1 is 1.23 bits per heavy atom. The molecule has 43 heavy (non-hydrogen) atoms. The van der Waals surface area contributed by atoms with Crippen LogP contribution in [0.1, 0.15) is 71.8 Å². The number of unbranched alkanes of at least 4 members (excludes halogenated alkanes) is 2. The number of nitrogens with zero attached hydrogens (tertiary/aromatic N) is 2. The summed E-state index contributed by atoms with van der Waals surface area (Å²) in [7, 11) is 0. The second kappa shape index (κ2) is 13.8. The first-order chi connectivity index (χ1) is 20.6. The maximum atomic E-state index is 14.8. The molecule has 8 atom stereocenters. The van der Waals surface area contributed by atoms with E-state index in [0.717, 1.165) is 31.2 Å². The van der Waals surface area contributed by atoms with E-state index in [1.807, 2.05) is 57.2 Å². The molecule has 1 aromatic carbocycles. The van der Waals surface area contributed by atoms with Crippen molar-refractivity contribution in [2.24, 2.45) is 17.8 Å². The van der Waals surface area contributed by atoms with E-state index in [-0.39, 0.29) is 37.0 Å².